The zero-order chi connectivity index (χ0) is 40.4. The summed E-state index contributed by atoms with van der Waals surface area (Å²) < 4.78 is 15.8. The number of allylic oxidation sites excluding steroid dienone is 1. The van der Waals surface area contributed by atoms with Crippen molar-refractivity contribution in [3.8, 4) is 28.1 Å². The van der Waals surface area contributed by atoms with Crippen LogP contribution in [0.5, 0.6) is 5.75 Å². The molecule has 3 N–H and O–H groups in total. The molecule has 4 aliphatic rings. The molecule has 4 atom stereocenters. The number of carbonyl (C=O) groups is 4. The van der Waals surface area contributed by atoms with Gasteiger partial charge in [-0.15, -0.1) is 0 Å². The summed E-state index contributed by atoms with van der Waals surface area (Å²) in [5.41, 5.74) is 9.39. The lowest BCUT2D eigenvalue weighted by atomic mass is 9.95. The first kappa shape index (κ1) is 39.6. The van der Waals surface area contributed by atoms with Gasteiger partial charge in [0, 0.05) is 54.7 Å². The van der Waals surface area contributed by atoms with Crippen LogP contribution in [0.15, 0.2) is 59.7 Å². The number of aromatic amines is 1. The number of aromatic nitrogens is 1. The molecule has 2 aromatic carbocycles. The number of H-pyrrole nitrogens is 1. The Labute approximate surface area is 334 Å². The van der Waals surface area contributed by atoms with Crippen LogP contribution >= 0.6 is 0 Å². The normalized spacial score (nSPS) is 19.9. The minimum absolute atomic E-state index is 0.0858. The van der Waals surface area contributed by atoms with Crippen LogP contribution in [0.4, 0.5) is 9.59 Å². The minimum atomic E-state index is -0.680. The van der Waals surface area contributed by atoms with E-state index in [2.05, 4.69) is 64.1 Å². The summed E-state index contributed by atoms with van der Waals surface area (Å²) in [7, 11) is 2.60. The number of ether oxygens (including phenoxy) is 3. The number of nitrogens with one attached hydrogen (secondary N) is 3. The summed E-state index contributed by atoms with van der Waals surface area (Å²) in [4.78, 5) is 63.7. The zero-order valence-electron chi connectivity index (χ0n) is 33.7. The Hall–Kier alpha value is -5.59. The fourth-order valence-electron chi connectivity index (χ4n) is 8.69. The van der Waals surface area contributed by atoms with Crippen molar-refractivity contribution in [2.24, 2.45) is 16.8 Å². The molecular weight excluding hydrogens is 725 g/mol. The molecule has 0 aliphatic carbocycles. The van der Waals surface area contributed by atoms with Gasteiger partial charge in [0.05, 0.1) is 38.6 Å². The number of methoxy groups -OCH3 is 2. The second-order valence-electron chi connectivity index (χ2n) is 16.0. The zero-order valence-corrected chi connectivity index (χ0v) is 33.7. The summed E-state index contributed by atoms with van der Waals surface area (Å²) in [5.74, 6) is 0.461. The molecule has 0 saturated carbocycles. The Morgan fingerprint density at radius 3 is 1.81 bits per heavy atom. The SMILES string of the molecule is COC(=O)N[C@H](C(=O)N1CCC[C@@H]1c1[nH]c(-c2ccc(-c3ccc(C4=CN=C([C@@H]5CCCN5C(=O)[C@@H](NC(=O)OC)C(C)C)C4)cc3)cc2)c2c1CCO2)C(C)C. The van der Waals surface area contributed by atoms with Gasteiger partial charge in [-0.1, -0.05) is 76.2 Å². The number of alkyl carbamates (subject to hydrolysis) is 2. The molecule has 13 heteroatoms. The predicted octanol–water partition coefficient (Wildman–Crippen LogP) is 6.88. The van der Waals surface area contributed by atoms with Crippen molar-refractivity contribution in [2.75, 3.05) is 33.9 Å². The quantitative estimate of drug-likeness (QED) is 0.192. The molecule has 0 bridgehead atoms. The topological polar surface area (TPSA) is 155 Å². The number of fused-ring (bicyclic) bond motifs is 1. The van der Waals surface area contributed by atoms with Gasteiger partial charge in [0.25, 0.3) is 0 Å². The first-order valence-corrected chi connectivity index (χ1v) is 20.1. The number of aliphatic imine (C=N–C) groups is 1. The third kappa shape index (κ3) is 8.01. The standard InChI is InChI=1S/C44H54N6O7/c1-25(2)36(47-43(53)55-5)41(51)49-20-7-9-34(49)33-23-31(24-45-33)29-13-11-27(12-14-29)28-15-17-30(18-16-28)38-40-32(19-22-57-40)39(46-38)35-10-8-21-50(35)42(52)37(26(3)4)48-44(54)56-6/h11-18,24-26,34-37,46H,7-10,19-23H2,1-6H3,(H,47,53)(H,48,54)/t34-,35+,36-,37-/m0/s1. The van der Waals surface area contributed by atoms with E-state index in [0.29, 0.717) is 26.1 Å². The second kappa shape index (κ2) is 16.9. The highest BCUT2D eigenvalue weighted by molar-refractivity contribution is 6.04. The third-order valence-corrected chi connectivity index (χ3v) is 11.8. The highest BCUT2D eigenvalue weighted by Crippen LogP contribution is 2.45. The molecule has 0 spiro atoms. The number of carbonyl (C=O) groups excluding carboxylic acids is 4. The molecule has 4 aliphatic heterocycles. The molecule has 302 valence electrons. The minimum Gasteiger partial charge on any atom is -0.491 e. The Morgan fingerprint density at radius 1 is 0.754 bits per heavy atom. The monoisotopic (exact) mass is 778 g/mol. The number of hydrogen-bond donors (Lipinski definition) is 3. The average Bonchev–Trinajstić information content (AvgIpc) is 4.07. The van der Waals surface area contributed by atoms with Crippen molar-refractivity contribution in [3.05, 3.63) is 71.6 Å². The van der Waals surface area contributed by atoms with Crippen molar-refractivity contribution in [2.45, 2.75) is 90.4 Å². The molecule has 0 unspecified atom stereocenters. The number of benzene rings is 2. The highest BCUT2D eigenvalue weighted by atomic mass is 16.5. The number of hydrogen-bond acceptors (Lipinski definition) is 8. The second-order valence-corrected chi connectivity index (χ2v) is 16.0. The van der Waals surface area contributed by atoms with Crippen LogP contribution < -0.4 is 15.4 Å². The van der Waals surface area contributed by atoms with Crippen LogP contribution in [-0.4, -0.2) is 96.5 Å². The summed E-state index contributed by atoms with van der Waals surface area (Å²) in [6.07, 6.45) is 5.56. The highest BCUT2D eigenvalue weighted by Gasteiger charge is 2.41. The maximum Gasteiger partial charge on any atom is 0.407 e. The van der Waals surface area contributed by atoms with Gasteiger partial charge in [-0.25, -0.2) is 9.59 Å². The van der Waals surface area contributed by atoms with Crippen LogP contribution in [-0.2, 0) is 25.5 Å². The van der Waals surface area contributed by atoms with Gasteiger partial charge < -0.3 is 39.6 Å². The summed E-state index contributed by atoms with van der Waals surface area (Å²) in [5, 5.41) is 5.46. The van der Waals surface area contributed by atoms with Crippen LogP contribution in [0.25, 0.3) is 28.0 Å². The van der Waals surface area contributed by atoms with Crippen LogP contribution in [0.2, 0.25) is 0 Å². The average molecular weight is 779 g/mol. The van der Waals surface area contributed by atoms with Crippen molar-refractivity contribution in [3.63, 3.8) is 0 Å². The first-order chi connectivity index (χ1) is 27.5. The lowest BCUT2D eigenvalue weighted by molar-refractivity contribution is -0.135. The summed E-state index contributed by atoms with van der Waals surface area (Å²) in [6, 6.07) is 15.4. The summed E-state index contributed by atoms with van der Waals surface area (Å²) >= 11 is 0. The number of amides is 4. The van der Waals surface area contributed by atoms with E-state index in [-0.39, 0.29) is 35.7 Å². The molecule has 4 amide bonds. The lowest BCUT2D eigenvalue weighted by Gasteiger charge is -2.31. The molecule has 5 heterocycles. The van der Waals surface area contributed by atoms with Gasteiger partial charge in [0.1, 0.15) is 17.8 Å². The van der Waals surface area contributed by atoms with E-state index in [1.54, 1.807) is 0 Å². The van der Waals surface area contributed by atoms with E-state index < -0.39 is 24.3 Å². The molecule has 7 rings (SSSR count). The van der Waals surface area contributed by atoms with E-state index in [0.717, 1.165) is 88.3 Å². The van der Waals surface area contributed by atoms with Crippen LogP contribution in [0.1, 0.15) is 82.7 Å². The number of likely N-dealkylation sites (tertiary alicyclic amines) is 2. The Kier molecular flexibility index (Phi) is 11.7. The Morgan fingerprint density at radius 2 is 1.26 bits per heavy atom. The van der Waals surface area contributed by atoms with Gasteiger partial charge in [-0.05, 0) is 59.8 Å². The van der Waals surface area contributed by atoms with E-state index in [9.17, 15) is 19.2 Å². The molecular formula is C44H54N6O7. The van der Waals surface area contributed by atoms with E-state index >= 15 is 0 Å². The van der Waals surface area contributed by atoms with Gasteiger partial charge in [-0.2, -0.15) is 0 Å². The maximum atomic E-state index is 13.8. The lowest BCUT2D eigenvalue weighted by Crippen LogP contribution is -2.53. The fourth-order valence-corrected chi connectivity index (χ4v) is 8.69. The molecule has 0 radical (unpaired) electrons. The Bertz CT molecular complexity index is 2050. The van der Waals surface area contributed by atoms with Gasteiger partial charge in [-0.3, -0.25) is 14.6 Å². The molecule has 57 heavy (non-hydrogen) atoms. The van der Waals surface area contributed by atoms with Gasteiger partial charge in [0.15, 0.2) is 0 Å². The predicted molar refractivity (Wildman–Crippen MR) is 218 cm³/mol. The maximum absolute atomic E-state index is 13.8. The van der Waals surface area contributed by atoms with Gasteiger partial charge in [0.2, 0.25) is 11.8 Å². The first-order valence-electron chi connectivity index (χ1n) is 20.1. The Balaban J connectivity index is 1.02. The van der Waals surface area contributed by atoms with E-state index in [1.165, 1.54) is 14.2 Å². The van der Waals surface area contributed by atoms with Crippen LogP contribution in [0.3, 0.4) is 0 Å². The van der Waals surface area contributed by atoms with E-state index in [1.807, 2.05) is 43.7 Å². The number of rotatable bonds is 11. The fraction of sp³-hybridized carbons (Fsp3) is 0.477. The molecule has 13 nitrogen and oxygen atoms in total. The van der Waals surface area contributed by atoms with Crippen LogP contribution in [0, 0.1) is 11.8 Å². The smallest absolute Gasteiger partial charge is 0.407 e. The largest absolute Gasteiger partial charge is 0.491 e. The number of nitrogens with zero attached hydrogens (tertiary/aromatic N) is 3. The molecule has 2 fully saturated rings. The van der Waals surface area contributed by atoms with Crippen molar-refractivity contribution in [1.29, 1.82) is 0 Å². The molecule has 3 aromatic rings. The van der Waals surface area contributed by atoms with Crippen molar-refractivity contribution in [1.82, 2.24) is 25.4 Å². The summed E-state index contributed by atoms with van der Waals surface area (Å²) in [6.45, 7) is 9.53. The van der Waals surface area contributed by atoms with Crippen molar-refractivity contribution >= 4 is 35.3 Å². The molecule has 2 saturated heterocycles. The third-order valence-electron chi connectivity index (χ3n) is 11.8. The van der Waals surface area contributed by atoms with Crippen molar-refractivity contribution < 1.29 is 33.4 Å². The van der Waals surface area contributed by atoms with E-state index in [4.69, 9.17) is 19.2 Å². The molecule has 1 aromatic heterocycles. The van der Waals surface area contributed by atoms with Gasteiger partial charge >= 0.3 is 12.2 Å².